The van der Waals surface area contributed by atoms with Crippen molar-refractivity contribution in [3.63, 3.8) is 0 Å². The van der Waals surface area contributed by atoms with E-state index in [9.17, 15) is 9.59 Å². The van der Waals surface area contributed by atoms with Crippen LogP contribution in [0.2, 0.25) is 5.02 Å². The first-order valence-corrected chi connectivity index (χ1v) is 13.1. The lowest BCUT2D eigenvalue weighted by atomic mass is 10.1. The Morgan fingerprint density at radius 3 is 2.58 bits per heavy atom. The molecule has 0 saturated carbocycles. The Hall–Kier alpha value is -3.05. The van der Waals surface area contributed by atoms with Gasteiger partial charge in [0.15, 0.2) is 11.5 Å². The Kier molecular flexibility index (Phi) is 10.1. The summed E-state index contributed by atoms with van der Waals surface area (Å²) in [6, 6.07) is 11.9. The first kappa shape index (κ1) is 28.0. The highest BCUT2D eigenvalue weighted by Crippen LogP contribution is 2.28. The Morgan fingerprint density at radius 2 is 1.84 bits per heavy atom. The number of amides is 3. The van der Waals surface area contributed by atoms with E-state index in [1.807, 2.05) is 0 Å². The largest absolute Gasteiger partial charge is 0.493 e. The van der Waals surface area contributed by atoms with Crippen LogP contribution in [0.5, 0.6) is 11.5 Å². The average molecular weight is 547 g/mol. The van der Waals surface area contributed by atoms with Gasteiger partial charge in [0.25, 0.3) is 5.91 Å². The molecule has 0 radical (unpaired) electrons. The standard InChI is InChI=1S/C27H35ClN4O6/c1-35-24-7-6-20(16-25(24)36-2)26(33)31(9-8-30-10-13-37-14-11-30)18-23-19-32(12-15-38-23)27(34)29-22-5-3-4-21(28)17-22/h3-7,16-17,23H,8-15,18-19H2,1-2H3,(H,29,34)/t23-/m0/s1. The normalized spacial score (nSPS) is 18.1. The van der Waals surface area contributed by atoms with Crippen molar-refractivity contribution in [3.8, 4) is 11.5 Å². The van der Waals surface area contributed by atoms with Gasteiger partial charge in [-0.2, -0.15) is 0 Å². The number of rotatable bonds is 9. The van der Waals surface area contributed by atoms with Crippen LogP contribution < -0.4 is 14.8 Å². The number of urea groups is 1. The molecule has 2 heterocycles. The number of hydrogen-bond acceptors (Lipinski definition) is 7. The summed E-state index contributed by atoms with van der Waals surface area (Å²) < 4.78 is 22.2. The van der Waals surface area contributed by atoms with Crippen LogP contribution >= 0.6 is 11.6 Å². The number of methoxy groups -OCH3 is 2. The molecule has 2 aromatic carbocycles. The highest BCUT2D eigenvalue weighted by molar-refractivity contribution is 6.30. The molecular formula is C27H35ClN4O6. The molecule has 2 aliphatic rings. The number of ether oxygens (including phenoxy) is 4. The van der Waals surface area contributed by atoms with Crippen molar-refractivity contribution in [2.45, 2.75) is 6.10 Å². The third-order valence-corrected chi connectivity index (χ3v) is 6.87. The van der Waals surface area contributed by atoms with Gasteiger partial charge < -0.3 is 34.1 Å². The van der Waals surface area contributed by atoms with Crippen molar-refractivity contribution in [2.24, 2.45) is 0 Å². The topological polar surface area (TPSA) is 92.8 Å². The maximum atomic E-state index is 13.7. The molecule has 0 aromatic heterocycles. The summed E-state index contributed by atoms with van der Waals surface area (Å²) in [5.74, 6) is 0.911. The lowest BCUT2D eigenvalue weighted by Crippen LogP contribution is -2.52. The molecule has 11 heteroatoms. The first-order chi connectivity index (χ1) is 18.5. The lowest BCUT2D eigenvalue weighted by molar-refractivity contribution is -0.0282. The number of hydrogen-bond donors (Lipinski definition) is 1. The molecule has 2 saturated heterocycles. The minimum Gasteiger partial charge on any atom is -0.493 e. The number of morpholine rings is 2. The van der Waals surface area contributed by atoms with Crippen LogP contribution in [0.4, 0.5) is 10.5 Å². The van der Waals surface area contributed by atoms with Gasteiger partial charge in [-0.15, -0.1) is 0 Å². The van der Waals surface area contributed by atoms with Crippen LogP contribution in [0.25, 0.3) is 0 Å². The van der Waals surface area contributed by atoms with E-state index in [0.29, 0.717) is 80.3 Å². The number of carbonyl (C=O) groups excluding carboxylic acids is 2. The predicted octanol–water partition coefficient (Wildman–Crippen LogP) is 3.06. The Bertz CT molecular complexity index is 1100. The SMILES string of the molecule is COc1ccc(C(=O)N(CCN2CCOCC2)C[C@H]2CN(C(=O)Nc3cccc(Cl)c3)CCO2)cc1OC. The fourth-order valence-corrected chi connectivity index (χ4v) is 4.73. The number of nitrogens with one attached hydrogen (secondary N) is 1. The van der Waals surface area contributed by atoms with Gasteiger partial charge in [0.2, 0.25) is 0 Å². The summed E-state index contributed by atoms with van der Waals surface area (Å²) in [6.07, 6.45) is -0.331. The molecule has 2 aliphatic heterocycles. The average Bonchev–Trinajstić information content (AvgIpc) is 2.95. The van der Waals surface area contributed by atoms with Crippen LogP contribution in [-0.2, 0) is 9.47 Å². The number of nitrogens with zero attached hydrogens (tertiary/aromatic N) is 3. The molecule has 0 unspecified atom stereocenters. The second-order valence-corrected chi connectivity index (χ2v) is 9.59. The van der Waals surface area contributed by atoms with Crippen molar-refractivity contribution in [2.75, 3.05) is 85.2 Å². The van der Waals surface area contributed by atoms with E-state index in [0.717, 1.165) is 13.1 Å². The smallest absolute Gasteiger partial charge is 0.322 e. The molecule has 0 bridgehead atoms. The van der Waals surface area contributed by atoms with Gasteiger partial charge in [0.05, 0.1) is 46.7 Å². The van der Waals surface area contributed by atoms with Gasteiger partial charge in [-0.05, 0) is 36.4 Å². The van der Waals surface area contributed by atoms with Crippen LogP contribution in [0.3, 0.4) is 0 Å². The maximum absolute atomic E-state index is 13.7. The summed E-state index contributed by atoms with van der Waals surface area (Å²) >= 11 is 6.05. The third-order valence-electron chi connectivity index (χ3n) is 6.63. The van der Waals surface area contributed by atoms with E-state index < -0.39 is 0 Å². The number of halogens is 1. The van der Waals surface area contributed by atoms with E-state index >= 15 is 0 Å². The Balaban J connectivity index is 1.44. The molecule has 0 spiro atoms. The van der Waals surface area contributed by atoms with Crippen molar-refractivity contribution in [1.82, 2.24) is 14.7 Å². The molecule has 10 nitrogen and oxygen atoms in total. The van der Waals surface area contributed by atoms with Gasteiger partial charge >= 0.3 is 6.03 Å². The fourth-order valence-electron chi connectivity index (χ4n) is 4.54. The van der Waals surface area contributed by atoms with Crippen molar-refractivity contribution >= 4 is 29.2 Å². The zero-order valence-corrected chi connectivity index (χ0v) is 22.6. The molecule has 1 atom stereocenters. The zero-order valence-electron chi connectivity index (χ0n) is 21.9. The highest BCUT2D eigenvalue weighted by Gasteiger charge is 2.29. The lowest BCUT2D eigenvalue weighted by Gasteiger charge is -2.36. The fraction of sp³-hybridized carbons (Fsp3) is 0.481. The zero-order chi connectivity index (χ0) is 26.9. The van der Waals surface area contributed by atoms with E-state index in [1.54, 1.807) is 66.5 Å². The highest BCUT2D eigenvalue weighted by atomic mass is 35.5. The summed E-state index contributed by atoms with van der Waals surface area (Å²) in [6.45, 7) is 5.81. The second-order valence-electron chi connectivity index (χ2n) is 9.15. The maximum Gasteiger partial charge on any atom is 0.322 e. The van der Waals surface area contributed by atoms with E-state index in [-0.39, 0.29) is 18.0 Å². The minimum absolute atomic E-state index is 0.136. The van der Waals surface area contributed by atoms with Gasteiger partial charge in [-0.3, -0.25) is 9.69 Å². The van der Waals surface area contributed by atoms with Crippen LogP contribution in [0, 0.1) is 0 Å². The Labute approximate surface area is 228 Å². The molecule has 2 aromatic rings. The van der Waals surface area contributed by atoms with Crippen molar-refractivity contribution in [1.29, 1.82) is 0 Å². The van der Waals surface area contributed by atoms with Crippen molar-refractivity contribution in [3.05, 3.63) is 53.1 Å². The summed E-state index contributed by atoms with van der Waals surface area (Å²) in [5, 5.41) is 3.44. The second kappa shape index (κ2) is 13.7. The molecule has 4 rings (SSSR count). The van der Waals surface area contributed by atoms with Gasteiger partial charge in [0, 0.05) is 55.5 Å². The van der Waals surface area contributed by atoms with Crippen molar-refractivity contribution < 1.29 is 28.5 Å². The van der Waals surface area contributed by atoms with Gasteiger partial charge in [0.1, 0.15) is 0 Å². The van der Waals surface area contributed by atoms with Crippen LogP contribution in [0.15, 0.2) is 42.5 Å². The van der Waals surface area contributed by atoms with Gasteiger partial charge in [-0.1, -0.05) is 17.7 Å². The van der Waals surface area contributed by atoms with E-state index in [4.69, 9.17) is 30.5 Å². The number of benzene rings is 2. The number of carbonyl (C=O) groups is 2. The molecule has 2 fully saturated rings. The quantitative estimate of drug-likeness (QED) is 0.517. The molecule has 0 aliphatic carbocycles. The molecular weight excluding hydrogens is 512 g/mol. The van der Waals surface area contributed by atoms with Crippen LogP contribution in [-0.4, -0.2) is 113 Å². The Morgan fingerprint density at radius 1 is 1.05 bits per heavy atom. The summed E-state index contributed by atoms with van der Waals surface area (Å²) in [7, 11) is 3.10. The monoisotopic (exact) mass is 546 g/mol. The van der Waals surface area contributed by atoms with Crippen LogP contribution in [0.1, 0.15) is 10.4 Å². The van der Waals surface area contributed by atoms with E-state index in [1.165, 1.54) is 0 Å². The molecule has 1 N–H and O–H groups in total. The van der Waals surface area contributed by atoms with Gasteiger partial charge in [-0.25, -0.2) is 4.79 Å². The first-order valence-electron chi connectivity index (χ1n) is 12.7. The molecule has 3 amide bonds. The minimum atomic E-state index is -0.331. The molecule has 206 valence electrons. The summed E-state index contributed by atoms with van der Waals surface area (Å²) in [4.78, 5) is 32.4. The molecule has 38 heavy (non-hydrogen) atoms. The third kappa shape index (κ3) is 7.50. The van der Waals surface area contributed by atoms with E-state index in [2.05, 4.69) is 10.2 Å². The summed E-state index contributed by atoms with van der Waals surface area (Å²) in [5.41, 5.74) is 1.12. The predicted molar refractivity (Wildman–Crippen MR) is 144 cm³/mol. The number of anilines is 1.